The Morgan fingerprint density at radius 1 is 1.30 bits per heavy atom. The van der Waals surface area contributed by atoms with E-state index in [9.17, 15) is 9.59 Å². The van der Waals surface area contributed by atoms with Gasteiger partial charge in [0.2, 0.25) is 0 Å². The number of hydrogen-bond donors (Lipinski definition) is 0. The molecule has 0 bridgehead atoms. The number of allylic oxidation sites excluding steroid dienone is 1. The molecular weight excluding hydrogens is 299 g/mol. The molecule has 0 aromatic heterocycles. The quantitative estimate of drug-likeness (QED) is 0.509. The largest absolute Gasteiger partial charge is 0.457 e. The molecule has 110 valence electrons. The maximum absolute atomic E-state index is 12.3. The molecule has 3 aliphatic rings. The number of rotatable bonds is 0. The van der Waals surface area contributed by atoms with Crippen LogP contribution in [0.2, 0.25) is 0 Å². The van der Waals surface area contributed by atoms with Crippen molar-refractivity contribution < 1.29 is 14.3 Å². The second-order valence-electron chi connectivity index (χ2n) is 6.47. The minimum atomic E-state index is -0.698. The van der Waals surface area contributed by atoms with E-state index in [4.69, 9.17) is 27.9 Å². The summed E-state index contributed by atoms with van der Waals surface area (Å²) in [5.74, 6) is -0.252. The van der Waals surface area contributed by atoms with Crippen molar-refractivity contribution in [3.8, 4) is 0 Å². The molecule has 2 aliphatic carbocycles. The van der Waals surface area contributed by atoms with Crippen molar-refractivity contribution in [3.63, 3.8) is 0 Å². The number of hydrogen-bond acceptors (Lipinski definition) is 3. The number of ether oxygens (including phenoxy) is 1. The van der Waals surface area contributed by atoms with Gasteiger partial charge in [0.15, 0.2) is 5.78 Å². The minimum Gasteiger partial charge on any atom is -0.457 e. The summed E-state index contributed by atoms with van der Waals surface area (Å²) in [5.41, 5.74) is 1.19. The molecule has 2 fully saturated rings. The van der Waals surface area contributed by atoms with Gasteiger partial charge in [-0.15, -0.1) is 23.2 Å². The number of esters is 1. The van der Waals surface area contributed by atoms with Crippen molar-refractivity contribution in [2.75, 3.05) is 0 Å². The van der Waals surface area contributed by atoms with E-state index >= 15 is 0 Å². The summed E-state index contributed by atoms with van der Waals surface area (Å²) >= 11 is 12.7. The predicted octanol–water partition coefficient (Wildman–Crippen LogP) is 3.08. The zero-order valence-electron chi connectivity index (χ0n) is 11.8. The van der Waals surface area contributed by atoms with Gasteiger partial charge < -0.3 is 4.74 Å². The standard InChI is InChI=1S/C15H18Cl2O3/c1-6-8-4-5-15(3)9(12(8)20-14(6)19)7(2)11(18)10(16)13(15)17/h6,8,10,12-13H,4-5H2,1-3H3. The first-order valence-corrected chi connectivity index (χ1v) is 7.90. The van der Waals surface area contributed by atoms with Crippen LogP contribution in [0.5, 0.6) is 0 Å². The Hall–Kier alpha value is -0.540. The molecule has 20 heavy (non-hydrogen) atoms. The van der Waals surface area contributed by atoms with Gasteiger partial charge >= 0.3 is 5.97 Å². The molecule has 1 aliphatic heterocycles. The van der Waals surface area contributed by atoms with Crippen LogP contribution in [0.1, 0.15) is 33.6 Å². The highest BCUT2D eigenvalue weighted by molar-refractivity contribution is 6.40. The second-order valence-corrected chi connectivity index (χ2v) is 7.41. The van der Waals surface area contributed by atoms with Gasteiger partial charge in [0, 0.05) is 11.3 Å². The minimum absolute atomic E-state index is 0.109. The van der Waals surface area contributed by atoms with Gasteiger partial charge in [0.1, 0.15) is 11.5 Å². The van der Waals surface area contributed by atoms with Crippen LogP contribution in [0.3, 0.4) is 0 Å². The third kappa shape index (κ3) is 1.66. The highest BCUT2D eigenvalue weighted by atomic mass is 35.5. The first kappa shape index (κ1) is 14.4. The molecule has 3 nitrogen and oxygen atoms in total. The fraction of sp³-hybridized carbons (Fsp3) is 0.733. The Bertz CT molecular complexity index is 527. The van der Waals surface area contributed by atoms with Crippen LogP contribution in [0.4, 0.5) is 0 Å². The van der Waals surface area contributed by atoms with Gasteiger partial charge in [-0.3, -0.25) is 9.59 Å². The molecule has 0 spiro atoms. The third-order valence-electron chi connectivity index (χ3n) is 5.43. The van der Waals surface area contributed by atoms with Crippen LogP contribution in [0.25, 0.3) is 0 Å². The second kappa shape index (κ2) is 4.48. The average Bonchev–Trinajstić information content (AvgIpc) is 2.69. The van der Waals surface area contributed by atoms with Gasteiger partial charge in [-0.05, 0) is 30.9 Å². The first-order valence-electron chi connectivity index (χ1n) is 7.03. The van der Waals surface area contributed by atoms with Crippen LogP contribution >= 0.6 is 23.2 Å². The number of halogens is 2. The Morgan fingerprint density at radius 2 is 1.95 bits per heavy atom. The van der Waals surface area contributed by atoms with Gasteiger partial charge in [-0.2, -0.15) is 0 Å². The molecule has 0 aromatic rings. The fourth-order valence-corrected chi connectivity index (χ4v) is 4.86. The highest BCUT2D eigenvalue weighted by Gasteiger charge is 2.58. The molecule has 6 atom stereocenters. The summed E-state index contributed by atoms with van der Waals surface area (Å²) in [7, 11) is 0. The van der Waals surface area contributed by atoms with Crippen molar-refractivity contribution in [1.29, 1.82) is 0 Å². The van der Waals surface area contributed by atoms with Crippen LogP contribution in [-0.4, -0.2) is 28.6 Å². The van der Waals surface area contributed by atoms with Crippen molar-refractivity contribution in [1.82, 2.24) is 0 Å². The first-order chi connectivity index (χ1) is 9.29. The Balaban J connectivity index is 2.13. The molecular formula is C15H18Cl2O3. The molecule has 1 heterocycles. The van der Waals surface area contributed by atoms with Gasteiger partial charge in [-0.25, -0.2) is 0 Å². The van der Waals surface area contributed by atoms with E-state index in [1.165, 1.54) is 0 Å². The van der Waals surface area contributed by atoms with E-state index in [1.54, 1.807) is 6.92 Å². The van der Waals surface area contributed by atoms with Crippen LogP contribution in [0.15, 0.2) is 11.1 Å². The van der Waals surface area contributed by atoms with E-state index in [2.05, 4.69) is 0 Å². The summed E-state index contributed by atoms with van der Waals surface area (Å²) in [6.07, 6.45) is 1.42. The average molecular weight is 317 g/mol. The smallest absolute Gasteiger partial charge is 0.309 e. The lowest BCUT2D eigenvalue weighted by Gasteiger charge is -2.49. The molecule has 0 amide bonds. The summed E-state index contributed by atoms with van der Waals surface area (Å²) in [6.45, 7) is 5.73. The lowest BCUT2D eigenvalue weighted by molar-refractivity contribution is -0.143. The van der Waals surface area contributed by atoms with E-state index in [-0.39, 0.29) is 35.1 Å². The topological polar surface area (TPSA) is 43.4 Å². The van der Waals surface area contributed by atoms with Gasteiger partial charge in [-0.1, -0.05) is 13.8 Å². The number of alkyl halides is 2. The van der Waals surface area contributed by atoms with Crippen LogP contribution < -0.4 is 0 Å². The molecule has 1 saturated carbocycles. The number of fused-ring (bicyclic) bond motifs is 3. The number of carbonyl (C=O) groups excluding carboxylic acids is 2. The Morgan fingerprint density at radius 3 is 2.60 bits per heavy atom. The Kier molecular flexibility index (Phi) is 3.22. The SMILES string of the molecule is CC1=C2C3OC(=O)C(C)C3CCC2(C)C(Cl)C(Cl)C1=O. The normalized spacial score (nSPS) is 48.0. The van der Waals surface area contributed by atoms with Crippen molar-refractivity contribution in [3.05, 3.63) is 11.1 Å². The molecule has 3 rings (SSSR count). The molecule has 0 aromatic carbocycles. The monoisotopic (exact) mass is 316 g/mol. The van der Waals surface area contributed by atoms with Crippen molar-refractivity contribution in [2.24, 2.45) is 17.3 Å². The van der Waals surface area contributed by atoms with Gasteiger partial charge in [0.05, 0.1) is 11.3 Å². The number of carbonyl (C=O) groups is 2. The van der Waals surface area contributed by atoms with Crippen LogP contribution in [0, 0.1) is 17.3 Å². The van der Waals surface area contributed by atoms with Crippen LogP contribution in [-0.2, 0) is 14.3 Å². The zero-order chi connectivity index (χ0) is 14.8. The lowest BCUT2D eigenvalue weighted by Crippen LogP contribution is -2.52. The van der Waals surface area contributed by atoms with E-state index in [0.717, 1.165) is 18.4 Å². The number of Topliss-reactive ketones (excluding diaryl/α,β-unsaturated/α-hetero) is 1. The summed E-state index contributed by atoms with van der Waals surface area (Å²) in [4.78, 5) is 24.1. The predicted molar refractivity (Wildman–Crippen MR) is 76.9 cm³/mol. The summed E-state index contributed by atoms with van der Waals surface area (Å²) in [5, 5.41) is -1.15. The Labute approximate surface area is 128 Å². The van der Waals surface area contributed by atoms with Gasteiger partial charge in [0.25, 0.3) is 0 Å². The van der Waals surface area contributed by atoms with Crippen molar-refractivity contribution in [2.45, 2.75) is 50.5 Å². The van der Waals surface area contributed by atoms with E-state index in [0.29, 0.717) is 5.57 Å². The zero-order valence-corrected chi connectivity index (χ0v) is 13.3. The molecule has 0 radical (unpaired) electrons. The summed E-state index contributed by atoms with van der Waals surface area (Å²) < 4.78 is 5.56. The highest BCUT2D eigenvalue weighted by Crippen LogP contribution is 2.56. The molecule has 5 heteroatoms. The number of ketones is 1. The third-order valence-corrected chi connectivity index (χ3v) is 6.75. The van der Waals surface area contributed by atoms with Crippen molar-refractivity contribution >= 4 is 35.0 Å². The van der Waals surface area contributed by atoms with E-state index in [1.807, 2.05) is 13.8 Å². The summed E-state index contributed by atoms with van der Waals surface area (Å²) in [6, 6.07) is 0. The molecule has 0 N–H and O–H groups in total. The maximum atomic E-state index is 12.3. The molecule has 1 saturated heterocycles. The maximum Gasteiger partial charge on any atom is 0.309 e. The fourth-order valence-electron chi connectivity index (χ4n) is 4.08. The van der Waals surface area contributed by atoms with E-state index < -0.39 is 10.8 Å². The lowest BCUT2D eigenvalue weighted by atomic mass is 9.59. The molecule has 6 unspecified atom stereocenters.